The van der Waals surface area contributed by atoms with Gasteiger partial charge in [-0.05, 0) is 89.3 Å². The Morgan fingerprint density at radius 1 is 0.634 bits per heavy atom. The standard InChI is InChI=1S/C52H78N16O13S/c1-82(80,81)22-17-34(55)44(70)61-35(13-5-7-18-53)45(71)66-40(25-33-28-58-30-60-33)50(76)68-21-10-16-42(68)51(77)67-20-9-15-41(67)49(75)65-37(23-31-11-3-2-4-12-31)46(72)63-38(24-32-27-57-29-59-32)47(73)64-39(26-43(56)69)48(74)62-36(52(78)79)14-6-8-19-54/h2-4,11-12,27-30,34-42H,5-10,13-26,53-55H2,1H3,(H2,56,69)(H,57,59)(H,58,60)(H,61,70)(H,62,74)(H,63,72)(H,64,73)(H,65,75)(H,66,71)(H,78,79)/t34-,35-,36-,37-,38-,39-,40-,41-,42-/m0/s1. The molecule has 30 heteroatoms. The maximum atomic E-state index is 14.7. The second-order valence-electron chi connectivity index (χ2n) is 20.6. The van der Waals surface area contributed by atoms with Crippen molar-refractivity contribution in [2.45, 2.75) is 151 Å². The highest BCUT2D eigenvalue weighted by Crippen LogP contribution is 2.26. The zero-order valence-electron chi connectivity index (χ0n) is 45.9. The average Bonchev–Trinajstić information content (AvgIpc) is 4.38. The summed E-state index contributed by atoms with van der Waals surface area (Å²) in [6, 6.07) is -3.33. The van der Waals surface area contributed by atoms with Crippen molar-refractivity contribution < 1.29 is 61.5 Å². The highest BCUT2D eigenvalue weighted by molar-refractivity contribution is 7.90. The molecule has 9 atom stereocenters. The summed E-state index contributed by atoms with van der Waals surface area (Å²) in [6.07, 6.45) is 8.24. The Morgan fingerprint density at radius 2 is 1.13 bits per heavy atom. The van der Waals surface area contributed by atoms with E-state index in [1.54, 1.807) is 30.3 Å². The van der Waals surface area contributed by atoms with Crippen LogP contribution in [0, 0.1) is 0 Å². The third-order valence-corrected chi connectivity index (χ3v) is 15.1. The molecule has 0 aliphatic carbocycles. The monoisotopic (exact) mass is 1170 g/mol. The fourth-order valence-corrected chi connectivity index (χ4v) is 10.4. The molecule has 0 unspecified atom stereocenters. The number of H-pyrrole nitrogens is 2. The first-order valence-electron chi connectivity index (χ1n) is 27.4. The number of aromatic amines is 2. The van der Waals surface area contributed by atoms with Gasteiger partial charge in [0.25, 0.3) is 0 Å². The number of carboxylic acids is 1. The molecule has 9 amide bonds. The van der Waals surface area contributed by atoms with Crippen LogP contribution in [0.25, 0.3) is 0 Å². The van der Waals surface area contributed by atoms with Crippen molar-refractivity contribution in [2.75, 3.05) is 38.2 Å². The summed E-state index contributed by atoms with van der Waals surface area (Å²) < 4.78 is 23.6. The maximum absolute atomic E-state index is 14.7. The van der Waals surface area contributed by atoms with Gasteiger partial charge in [0, 0.05) is 51.0 Å². The first-order valence-corrected chi connectivity index (χ1v) is 29.4. The van der Waals surface area contributed by atoms with Crippen LogP contribution in [0.1, 0.15) is 94.0 Å². The number of unbranched alkanes of at least 4 members (excludes halogenated alkanes) is 2. The summed E-state index contributed by atoms with van der Waals surface area (Å²) >= 11 is 0. The molecule has 29 nitrogen and oxygen atoms in total. The van der Waals surface area contributed by atoms with Gasteiger partial charge >= 0.3 is 5.97 Å². The Labute approximate surface area is 474 Å². The van der Waals surface area contributed by atoms with Crippen molar-refractivity contribution in [2.24, 2.45) is 22.9 Å². The number of imidazole rings is 2. The molecule has 5 rings (SSSR count). The van der Waals surface area contributed by atoms with Gasteiger partial charge < -0.3 is 79.7 Å². The number of carboxylic acid groups (broad SMARTS) is 1. The zero-order valence-corrected chi connectivity index (χ0v) is 46.7. The van der Waals surface area contributed by atoms with Crippen molar-refractivity contribution in [3.63, 3.8) is 0 Å². The number of hydrogen-bond donors (Lipinski definition) is 13. The fourth-order valence-electron chi connectivity index (χ4n) is 9.70. The molecule has 17 N–H and O–H groups in total. The van der Waals surface area contributed by atoms with Crippen molar-refractivity contribution in [1.82, 2.24) is 61.6 Å². The molecule has 82 heavy (non-hydrogen) atoms. The summed E-state index contributed by atoms with van der Waals surface area (Å²) in [5, 5.41) is 25.4. The minimum atomic E-state index is -3.45. The van der Waals surface area contributed by atoms with E-state index in [1.165, 1.54) is 34.8 Å². The minimum absolute atomic E-state index is 0.00136. The SMILES string of the molecule is CS(=O)(=O)CC[C@H](N)C(=O)N[C@@H](CCCCN)C(=O)N[C@@H](Cc1c[nH]cn1)C(=O)N1CCC[C@H]1C(=O)N1CCC[C@H]1C(=O)N[C@@H](Cc1ccccc1)C(=O)N[C@@H](Cc1c[nH]cn1)C(=O)N[C@@H](CC(N)=O)C(=O)N[C@@H](CCCCN)C(=O)O. The molecule has 3 aromatic rings. The average molecular weight is 1170 g/mol. The number of nitrogens with one attached hydrogen (secondary N) is 8. The van der Waals surface area contributed by atoms with E-state index in [9.17, 15) is 61.5 Å². The molecule has 4 heterocycles. The Balaban J connectivity index is 1.35. The summed E-state index contributed by atoms with van der Waals surface area (Å²) in [5.74, 6) is -9.02. The van der Waals surface area contributed by atoms with E-state index < -0.39 is 130 Å². The number of sulfone groups is 1. The number of likely N-dealkylation sites (tertiary alicyclic amines) is 2. The van der Waals surface area contributed by atoms with Gasteiger partial charge in [0.1, 0.15) is 58.2 Å². The Morgan fingerprint density at radius 3 is 1.70 bits per heavy atom. The topological polar surface area (TPSA) is 465 Å². The zero-order chi connectivity index (χ0) is 59.9. The van der Waals surface area contributed by atoms with E-state index in [4.69, 9.17) is 22.9 Å². The number of hydrogen-bond acceptors (Lipinski definition) is 17. The molecule has 0 spiro atoms. The lowest BCUT2D eigenvalue weighted by molar-refractivity contribution is -0.148. The van der Waals surface area contributed by atoms with Crippen LogP contribution in [0.3, 0.4) is 0 Å². The summed E-state index contributed by atoms with van der Waals surface area (Å²) in [5.41, 5.74) is 24.0. The van der Waals surface area contributed by atoms with Crippen molar-refractivity contribution >= 4 is 69.0 Å². The van der Waals surface area contributed by atoms with Crippen LogP contribution >= 0.6 is 0 Å². The summed E-state index contributed by atoms with van der Waals surface area (Å²) in [7, 11) is -3.45. The van der Waals surface area contributed by atoms with Gasteiger partial charge in [-0.15, -0.1) is 0 Å². The van der Waals surface area contributed by atoms with Crippen LogP contribution < -0.4 is 54.8 Å². The van der Waals surface area contributed by atoms with Crippen molar-refractivity contribution in [1.29, 1.82) is 0 Å². The van der Waals surface area contributed by atoms with E-state index in [0.29, 0.717) is 56.3 Å². The number of aromatic nitrogens is 4. The van der Waals surface area contributed by atoms with Crippen LogP contribution in [0.15, 0.2) is 55.4 Å². The lowest BCUT2D eigenvalue weighted by Gasteiger charge is -2.33. The Bertz CT molecular complexity index is 2750. The number of aliphatic carboxylic acids is 1. The number of nitrogens with two attached hydrogens (primary N) is 4. The van der Waals surface area contributed by atoms with Gasteiger partial charge in [0.2, 0.25) is 53.2 Å². The Kier molecular flexibility index (Phi) is 25.3. The van der Waals surface area contributed by atoms with Crippen molar-refractivity contribution in [3.8, 4) is 0 Å². The van der Waals surface area contributed by atoms with Gasteiger partial charge in [-0.2, -0.15) is 0 Å². The normalized spacial score (nSPS) is 17.7. The first-order chi connectivity index (χ1) is 39.1. The third-order valence-electron chi connectivity index (χ3n) is 14.1. The van der Waals surface area contributed by atoms with E-state index in [1.807, 2.05) is 0 Å². The lowest BCUT2D eigenvalue weighted by Crippen LogP contribution is -2.60. The molecule has 450 valence electrons. The van der Waals surface area contributed by atoms with Gasteiger partial charge in [0.15, 0.2) is 0 Å². The number of carbonyl (C=O) groups excluding carboxylic acids is 9. The summed E-state index contributed by atoms with van der Waals surface area (Å²) in [4.78, 5) is 154. The number of nitrogens with zero attached hydrogens (tertiary/aromatic N) is 4. The molecule has 2 aliphatic rings. The molecule has 2 saturated heterocycles. The third kappa shape index (κ3) is 20.3. The molecule has 0 bridgehead atoms. The largest absolute Gasteiger partial charge is 0.480 e. The minimum Gasteiger partial charge on any atom is -0.480 e. The Hall–Kier alpha value is -7.83. The number of primary amides is 1. The second-order valence-corrected chi connectivity index (χ2v) is 22.8. The van der Waals surface area contributed by atoms with E-state index >= 15 is 0 Å². The molecular weight excluding hydrogens is 1090 g/mol. The number of carbonyl (C=O) groups is 10. The van der Waals surface area contributed by atoms with Crippen LogP contribution in [-0.4, -0.2) is 195 Å². The predicted molar refractivity (Wildman–Crippen MR) is 295 cm³/mol. The van der Waals surface area contributed by atoms with Gasteiger partial charge in [-0.3, -0.25) is 43.2 Å². The first kappa shape index (κ1) is 65.0. The van der Waals surface area contributed by atoms with Gasteiger partial charge in [-0.1, -0.05) is 30.3 Å². The maximum Gasteiger partial charge on any atom is 0.326 e. The molecule has 2 fully saturated rings. The van der Waals surface area contributed by atoms with Crippen molar-refractivity contribution in [3.05, 3.63) is 72.3 Å². The van der Waals surface area contributed by atoms with E-state index in [2.05, 4.69) is 51.8 Å². The lowest BCUT2D eigenvalue weighted by atomic mass is 10.0. The fraction of sp³-hybridized carbons (Fsp3) is 0.577. The summed E-state index contributed by atoms with van der Waals surface area (Å²) in [6.45, 7) is 0.796. The van der Waals surface area contributed by atoms with Crippen LogP contribution in [0.5, 0.6) is 0 Å². The van der Waals surface area contributed by atoms with Gasteiger partial charge in [-0.25, -0.2) is 23.2 Å². The highest BCUT2D eigenvalue weighted by atomic mass is 32.2. The predicted octanol–water partition coefficient (Wildman–Crippen LogP) is -3.97. The molecule has 0 saturated carbocycles. The highest BCUT2D eigenvalue weighted by Gasteiger charge is 2.45. The van der Waals surface area contributed by atoms with Crippen LogP contribution in [0.4, 0.5) is 0 Å². The number of benzene rings is 1. The van der Waals surface area contributed by atoms with E-state index in [0.717, 1.165) is 6.26 Å². The smallest absolute Gasteiger partial charge is 0.326 e. The van der Waals surface area contributed by atoms with Gasteiger partial charge in [0.05, 0.1) is 42.3 Å². The molecule has 1 aromatic carbocycles. The number of rotatable bonds is 34. The van der Waals surface area contributed by atoms with Crippen LogP contribution in [0.2, 0.25) is 0 Å². The molecule has 0 radical (unpaired) electrons. The number of amides is 9. The molecule has 2 aliphatic heterocycles. The molecule has 2 aromatic heterocycles. The quantitative estimate of drug-likeness (QED) is 0.0254. The molecular formula is C52H78N16O13S. The van der Waals surface area contributed by atoms with Crippen LogP contribution in [-0.2, 0) is 77.0 Å². The van der Waals surface area contributed by atoms with E-state index in [-0.39, 0.29) is 82.4 Å². The second kappa shape index (κ2) is 32.0.